The molecule has 0 unspecified atom stereocenters. The Hall–Kier alpha value is -1.78. The van der Waals surface area contributed by atoms with Gasteiger partial charge in [0, 0.05) is 0 Å². The molecule has 0 bridgehead atoms. The first-order valence-electron chi connectivity index (χ1n) is 3.49. The molecular weight excluding hydrogens is 175 g/mol. The van der Waals surface area contributed by atoms with Gasteiger partial charge in [0.05, 0.1) is 24.0 Å². The number of halogens is 1. The van der Waals surface area contributed by atoms with E-state index < -0.39 is 11.8 Å². The summed E-state index contributed by atoms with van der Waals surface area (Å²) in [5.74, 6) is -1.32. The second kappa shape index (κ2) is 3.30. The van der Waals surface area contributed by atoms with Gasteiger partial charge in [-0.25, -0.2) is 9.18 Å². The standard InChI is InChI=1S/C8H9FN2O2/c1-13-8(12)5-2-4(9)3-6(10)7(5)11/h2-3H,10-11H2,1H3. The van der Waals surface area contributed by atoms with Crippen LogP contribution in [-0.2, 0) is 4.74 Å². The van der Waals surface area contributed by atoms with E-state index in [0.29, 0.717) is 0 Å². The van der Waals surface area contributed by atoms with Crippen molar-refractivity contribution < 1.29 is 13.9 Å². The molecule has 0 aliphatic rings. The number of hydrogen-bond donors (Lipinski definition) is 2. The Morgan fingerprint density at radius 1 is 1.46 bits per heavy atom. The number of benzene rings is 1. The SMILES string of the molecule is COC(=O)c1cc(F)cc(N)c1N. The lowest BCUT2D eigenvalue weighted by Gasteiger charge is -2.05. The first-order chi connectivity index (χ1) is 6.06. The van der Waals surface area contributed by atoms with Crippen LogP contribution >= 0.6 is 0 Å². The molecule has 5 heteroatoms. The first kappa shape index (κ1) is 9.31. The smallest absolute Gasteiger partial charge is 0.340 e. The van der Waals surface area contributed by atoms with Gasteiger partial charge in [-0.2, -0.15) is 0 Å². The molecule has 1 aromatic rings. The number of nitrogens with two attached hydrogens (primary N) is 2. The fourth-order valence-electron chi connectivity index (χ4n) is 0.918. The molecule has 13 heavy (non-hydrogen) atoms. The van der Waals surface area contributed by atoms with Gasteiger partial charge in [-0.05, 0) is 12.1 Å². The van der Waals surface area contributed by atoms with Gasteiger partial charge in [-0.3, -0.25) is 0 Å². The van der Waals surface area contributed by atoms with Gasteiger partial charge in [0.2, 0.25) is 0 Å². The maximum atomic E-state index is 12.8. The Balaban J connectivity index is 3.28. The molecule has 0 saturated carbocycles. The van der Waals surface area contributed by atoms with E-state index in [-0.39, 0.29) is 16.9 Å². The summed E-state index contributed by atoms with van der Waals surface area (Å²) < 4.78 is 17.1. The normalized spacial score (nSPS) is 9.69. The fraction of sp³-hybridized carbons (Fsp3) is 0.125. The van der Waals surface area contributed by atoms with Crippen LogP contribution < -0.4 is 11.5 Å². The van der Waals surface area contributed by atoms with Crippen LogP contribution in [0.4, 0.5) is 15.8 Å². The summed E-state index contributed by atoms with van der Waals surface area (Å²) in [6.45, 7) is 0. The van der Waals surface area contributed by atoms with E-state index in [1.54, 1.807) is 0 Å². The molecule has 1 aromatic carbocycles. The molecule has 0 saturated heterocycles. The van der Waals surface area contributed by atoms with E-state index in [4.69, 9.17) is 11.5 Å². The molecule has 0 spiro atoms. The average molecular weight is 184 g/mol. The van der Waals surface area contributed by atoms with Crippen LogP contribution in [0.15, 0.2) is 12.1 Å². The largest absolute Gasteiger partial charge is 0.465 e. The highest BCUT2D eigenvalue weighted by molar-refractivity contribution is 5.97. The summed E-state index contributed by atoms with van der Waals surface area (Å²) in [5, 5.41) is 0. The number of rotatable bonds is 1. The summed E-state index contributed by atoms with van der Waals surface area (Å²) in [5.41, 5.74) is 10.8. The molecule has 70 valence electrons. The number of ether oxygens (including phenoxy) is 1. The van der Waals surface area contributed by atoms with Crippen LogP contribution in [0, 0.1) is 5.82 Å². The van der Waals surface area contributed by atoms with Crippen LogP contribution in [0.2, 0.25) is 0 Å². The number of nitrogen functional groups attached to an aromatic ring is 2. The van der Waals surface area contributed by atoms with Crippen molar-refractivity contribution in [2.75, 3.05) is 18.6 Å². The van der Waals surface area contributed by atoms with Crippen molar-refractivity contribution in [3.8, 4) is 0 Å². The molecule has 0 aliphatic carbocycles. The van der Waals surface area contributed by atoms with Crippen molar-refractivity contribution >= 4 is 17.3 Å². The van der Waals surface area contributed by atoms with Crippen LogP contribution in [0.3, 0.4) is 0 Å². The highest BCUT2D eigenvalue weighted by Crippen LogP contribution is 2.22. The monoisotopic (exact) mass is 184 g/mol. The highest BCUT2D eigenvalue weighted by Gasteiger charge is 2.13. The van der Waals surface area contributed by atoms with E-state index in [2.05, 4.69) is 4.74 Å². The van der Waals surface area contributed by atoms with Crippen LogP contribution in [0.5, 0.6) is 0 Å². The minimum Gasteiger partial charge on any atom is -0.465 e. The van der Waals surface area contributed by atoms with Crippen molar-refractivity contribution in [1.29, 1.82) is 0 Å². The maximum Gasteiger partial charge on any atom is 0.340 e. The summed E-state index contributed by atoms with van der Waals surface area (Å²) in [4.78, 5) is 11.0. The van der Waals surface area contributed by atoms with E-state index in [1.807, 2.05) is 0 Å². The molecule has 0 heterocycles. The van der Waals surface area contributed by atoms with Crippen molar-refractivity contribution in [3.05, 3.63) is 23.5 Å². The van der Waals surface area contributed by atoms with Gasteiger partial charge in [0.1, 0.15) is 5.82 Å². The quantitative estimate of drug-likeness (QED) is 0.499. The lowest BCUT2D eigenvalue weighted by atomic mass is 10.1. The third kappa shape index (κ3) is 1.69. The molecule has 4 N–H and O–H groups in total. The number of esters is 1. The molecule has 0 atom stereocenters. The van der Waals surface area contributed by atoms with Gasteiger partial charge >= 0.3 is 5.97 Å². The Kier molecular flexibility index (Phi) is 2.36. The predicted octanol–water partition coefficient (Wildman–Crippen LogP) is 0.777. The van der Waals surface area contributed by atoms with Crippen molar-refractivity contribution in [1.82, 2.24) is 0 Å². The third-order valence-electron chi connectivity index (χ3n) is 1.58. The molecule has 0 radical (unpaired) electrons. The second-order valence-electron chi connectivity index (χ2n) is 2.45. The van der Waals surface area contributed by atoms with E-state index in [1.165, 1.54) is 7.11 Å². The molecular formula is C8H9FN2O2. The van der Waals surface area contributed by atoms with Gasteiger partial charge < -0.3 is 16.2 Å². The van der Waals surface area contributed by atoms with E-state index >= 15 is 0 Å². The van der Waals surface area contributed by atoms with Gasteiger partial charge in [-0.15, -0.1) is 0 Å². The second-order valence-corrected chi connectivity index (χ2v) is 2.45. The first-order valence-corrected chi connectivity index (χ1v) is 3.49. The Bertz CT molecular complexity index is 352. The zero-order valence-electron chi connectivity index (χ0n) is 7.00. The zero-order chi connectivity index (χ0) is 10.0. The molecule has 0 fully saturated rings. The average Bonchev–Trinajstić information content (AvgIpc) is 2.10. The highest BCUT2D eigenvalue weighted by atomic mass is 19.1. The number of methoxy groups -OCH3 is 1. The van der Waals surface area contributed by atoms with Crippen molar-refractivity contribution in [2.24, 2.45) is 0 Å². The summed E-state index contributed by atoms with van der Waals surface area (Å²) in [6.07, 6.45) is 0. The number of carbonyl (C=O) groups is 1. The lowest BCUT2D eigenvalue weighted by molar-refractivity contribution is 0.0601. The number of carbonyl (C=O) groups excluding carboxylic acids is 1. The van der Waals surface area contributed by atoms with E-state index in [0.717, 1.165) is 12.1 Å². The molecule has 4 nitrogen and oxygen atoms in total. The van der Waals surface area contributed by atoms with Crippen molar-refractivity contribution in [3.63, 3.8) is 0 Å². The Morgan fingerprint density at radius 3 is 2.62 bits per heavy atom. The van der Waals surface area contributed by atoms with Gasteiger partial charge in [-0.1, -0.05) is 0 Å². The summed E-state index contributed by atoms with van der Waals surface area (Å²) >= 11 is 0. The molecule has 0 aliphatic heterocycles. The summed E-state index contributed by atoms with van der Waals surface area (Å²) in [6, 6.07) is 2.03. The Labute approximate surface area is 74.3 Å². The van der Waals surface area contributed by atoms with Crippen molar-refractivity contribution in [2.45, 2.75) is 0 Å². The van der Waals surface area contributed by atoms with Crippen LogP contribution in [-0.4, -0.2) is 13.1 Å². The minimum atomic E-state index is -0.705. The molecule has 1 rings (SSSR count). The molecule has 0 amide bonds. The van der Waals surface area contributed by atoms with Gasteiger partial charge in [0.15, 0.2) is 0 Å². The fourth-order valence-corrected chi connectivity index (χ4v) is 0.918. The minimum absolute atomic E-state index is 0.0281. The van der Waals surface area contributed by atoms with Crippen LogP contribution in [0.1, 0.15) is 10.4 Å². The Morgan fingerprint density at radius 2 is 2.08 bits per heavy atom. The summed E-state index contributed by atoms with van der Waals surface area (Å²) in [7, 11) is 1.18. The molecule has 0 aromatic heterocycles. The lowest BCUT2D eigenvalue weighted by Crippen LogP contribution is -2.08. The van der Waals surface area contributed by atoms with E-state index in [9.17, 15) is 9.18 Å². The number of hydrogen-bond acceptors (Lipinski definition) is 4. The van der Waals surface area contributed by atoms with Gasteiger partial charge in [0.25, 0.3) is 0 Å². The topological polar surface area (TPSA) is 78.3 Å². The third-order valence-corrected chi connectivity index (χ3v) is 1.58. The van der Waals surface area contributed by atoms with Crippen LogP contribution in [0.25, 0.3) is 0 Å². The zero-order valence-corrected chi connectivity index (χ0v) is 7.00. The maximum absolute atomic E-state index is 12.8. The predicted molar refractivity (Wildman–Crippen MR) is 46.6 cm³/mol. The number of anilines is 2.